The number of nitrogens with zero attached hydrogens (tertiary/aromatic N) is 2. The van der Waals surface area contributed by atoms with Crippen LogP contribution in [0.5, 0.6) is 0 Å². The lowest BCUT2D eigenvalue weighted by Crippen LogP contribution is -2.45. The molecule has 1 heterocycles. The Hall–Kier alpha value is -2.88. The van der Waals surface area contributed by atoms with Crippen LogP contribution < -0.4 is 5.32 Å². The summed E-state index contributed by atoms with van der Waals surface area (Å²) >= 11 is 0. The van der Waals surface area contributed by atoms with Gasteiger partial charge in [0, 0.05) is 17.9 Å². The fourth-order valence-electron chi connectivity index (χ4n) is 4.21. The molecule has 142 valence electrons. The number of hydrogen-bond donors (Lipinski definition) is 1. The molecule has 2 fully saturated rings. The van der Waals surface area contributed by atoms with Gasteiger partial charge in [-0.3, -0.25) is 4.79 Å². The van der Waals surface area contributed by atoms with Gasteiger partial charge < -0.3 is 5.32 Å². The van der Waals surface area contributed by atoms with Gasteiger partial charge in [0.25, 0.3) is 5.91 Å². The lowest BCUT2D eigenvalue weighted by molar-refractivity contribution is 0.0920. The molecule has 1 aromatic heterocycles. The molecule has 0 aliphatic heterocycles. The Morgan fingerprint density at radius 2 is 1.71 bits per heavy atom. The molecule has 2 aliphatic carbocycles. The summed E-state index contributed by atoms with van der Waals surface area (Å²) in [5.41, 5.74) is 4.01. The average molecular weight is 371 g/mol. The van der Waals surface area contributed by atoms with Crippen LogP contribution in [0, 0.1) is 0 Å². The molecule has 1 N–H and O–H groups in total. The molecular weight excluding hydrogens is 346 g/mol. The first kappa shape index (κ1) is 17.2. The van der Waals surface area contributed by atoms with E-state index in [1.807, 2.05) is 42.5 Å². The average Bonchev–Trinajstić information content (AvgIpc) is 3.47. The minimum atomic E-state index is -0.0366. The van der Waals surface area contributed by atoms with Crippen LogP contribution >= 0.6 is 0 Å². The van der Waals surface area contributed by atoms with Gasteiger partial charge in [-0.25, -0.2) is 4.68 Å². The predicted molar refractivity (Wildman–Crippen MR) is 110 cm³/mol. The second-order valence-corrected chi connectivity index (χ2v) is 8.16. The minimum absolute atomic E-state index is 0.0366. The van der Waals surface area contributed by atoms with Gasteiger partial charge in [-0.1, -0.05) is 55.0 Å². The normalized spacial score (nSPS) is 17.7. The molecule has 2 saturated carbocycles. The molecule has 0 bridgehead atoms. The van der Waals surface area contributed by atoms with Crippen molar-refractivity contribution in [2.75, 3.05) is 6.54 Å². The highest BCUT2D eigenvalue weighted by molar-refractivity contribution is 5.93. The van der Waals surface area contributed by atoms with Crippen LogP contribution in [0.3, 0.4) is 0 Å². The zero-order valence-electron chi connectivity index (χ0n) is 16.0. The van der Waals surface area contributed by atoms with Crippen molar-refractivity contribution < 1.29 is 4.79 Å². The van der Waals surface area contributed by atoms with E-state index in [0.29, 0.717) is 18.2 Å². The summed E-state index contributed by atoms with van der Waals surface area (Å²) in [6.07, 6.45) is 5.82. The van der Waals surface area contributed by atoms with E-state index in [4.69, 9.17) is 5.10 Å². The fraction of sp³-hybridized carbons (Fsp3) is 0.333. The fourth-order valence-corrected chi connectivity index (χ4v) is 4.21. The monoisotopic (exact) mass is 371 g/mol. The van der Waals surface area contributed by atoms with E-state index < -0.39 is 0 Å². The molecular formula is C24H25N3O. The number of para-hydroxylation sites is 1. The number of hydrogen-bond acceptors (Lipinski definition) is 2. The number of nitrogens with one attached hydrogen (secondary N) is 1. The molecule has 4 heteroatoms. The van der Waals surface area contributed by atoms with Gasteiger partial charge >= 0.3 is 0 Å². The van der Waals surface area contributed by atoms with E-state index in [-0.39, 0.29) is 11.3 Å². The Morgan fingerprint density at radius 1 is 1.04 bits per heavy atom. The summed E-state index contributed by atoms with van der Waals surface area (Å²) in [5.74, 6) is 0.476. The van der Waals surface area contributed by atoms with Crippen LogP contribution in [0.2, 0.25) is 0 Å². The van der Waals surface area contributed by atoms with Gasteiger partial charge in [0.2, 0.25) is 0 Å². The van der Waals surface area contributed by atoms with Crippen molar-refractivity contribution in [1.29, 1.82) is 0 Å². The Morgan fingerprint density at radius 3 is 2.32 bits per heavy atom. The third-order valence-corrected chi connectivity index (χ3v) is 6.24. The molecule has 5 rings (SSSR count). The summed E-state index contributed by atoms with van der Waals surface area (Å²) < 4.78 is 1.80. The van der Waals surface area contributed by atoms with Gasteiger partial charge in [0.05, 0.1) is 11.4 Å². The summed E-state index contributed by atoms with van der Waals surface area (Å²) in [4.78, 5) is 13.1. The van der Waals surface area contributed by atoms with E-state index >= 15 is 0 Å². The maximum Gasteiger partial charge on any atom is 0.270 e. The van der Waals surface area contributed by atoms with Crippen molar-refractivity contribution in [1.82, 2.24) is 15.1 Å². The molecule has 0 saturated heterocycles. The Bertz CT molecular complexity index is 970. The third kappa shape index (κ3) is 3.13. The summed E-state index contributed by atoms with van der Waals surface area (Å²) in [6, 6.07) is 22.5. The van der Waals surface area contributed by atoms with E-state index in [2.05, 4.69) is 29.6 Å². The first-order valence-electron chi connectivity index (χ1n) is 10.2. The SMILES string of the molecule is O=C(NCC1(c2ccccc2)CCC1)c1cc(C2CC2)nn1-c1ccccc1. The molecule has 2 aliphatic rings. The molecule has 1 amide bonds. The molecule has 4 nitrogen and oxygen atoms in total. The molecule has 28 heavy (non-hydrogen) atoms. The summed E-state index contributed by atoms with van der Waals surface area (Å²) in [5, 5.41) is 7.98. The molecule has 0 spiro atoms. The molecule has 2 aromatic carbocycles. The number of amides is 1. The van der Waals surface area contributed by atoms with Crippen LogP contribution in [0.4, 0.5) is 0 Å². The van der Waals surface area contributed by atoms with Crippen LogP contribution in [0.1, 0.15) is 59.8 Å². The highest BCUT2D eigenvalue weighted by atomic mass is 16.2. The highest BCUT2D eigenvalue weighted by Gasteiger charge is 2.39. The quantitative estimate of drug-likeness (QED) is 0.688. The lowest BCUT2D eigenvalue weighted by Gasteiger charge is -2.42. The highest BCUT2D eigenvalue weighted by Crippen LogP contribution is 2.43. The maximum absolute atomic E-state index is 13.1. The Balaban J connectivity index is 1.39. The van der Waals surface area contributed by atoms with E-state index in [1.165, 1.54) is 24.8 Å². The predicted octanol–water partition coefficient (Wildman–Crippen LogP) is 4.60. The van der Waals surface area contributed by atoms with Crippen molar-refractivity contribution in [3.8, 4) is 5.69 Å². The Labute approximate surface area is 165 Å². The topological polar surface area (TPSA) is 46.9 Å². The second-order valence-electron chi connectivity index (χ2n) is 8.16. The van der Waals surface area contributed by atoms with Gasteiger partial charge in [0.1, 0.15) is 5.69 Å². The second kappa shape index (κ2) is 6.93. The minimum Gasteiger partial charge on any atom is -0.350 e. The summed E-state index contributed by atoms with van der Waals surface area (Å²) in [6.45, 7) is 0.675. The van der Waals surface area contributed by atoms with Gasteiger partial charge in [0.15, 0.2) is 0 Å². The third-order valence-electron chi connectivity index (χ3n) is 6.24. The van der Waals surface area contributed by atoms with Crippen molar-refractivity contribution in [3.05, 3.63) is 83.7 Å². The number of carbonyl (C=O) groups is 1. The number of aromatic nitrogens is 2. The van der Waals surface area contributed by atoms with Crippen molar-refractivity contribution >= 4 is 5.91 Å². The number of carbonyl (C=O) groups excluding carboxylic acids is 1. The van der Waals surface area contributed by atoms with Gasteiger partial charge in [-0.15, -0.1) is 0 Å². The largest absolute Gasteiger partial charge is 0.350 e. The molecule has 0 unspecified atom stereocenters. The van der Waals surface area contributed by atoms with Crippen LogP contribution in [-0.2, 0) is 5.41 Å². The zero-order valence-corrected chi connectivity index (χ0v) is 16.0. The van der Waals surface area contributed by atoms with Crippen LogP contribution in [0.25, 0.3) is 5.69 Å². The van der Waals surface area contributed by atoms with Crippen LogP contribution in [-0.4, -0.2) is 22.2 Å². The smallest absolute Gasteiger partial charge is 0.270 e. The van der Waals surface area contributed by atoms with Crippen molar-refractivity contribution in [3.63, 3.8) is 0 Å². The molecule has 3 aromatic rings. The molecule has 0 radical (unpaired) electrons. The van der Waals surface area contributed by atoms with Crippen molar-refractivity contribution in [2.24, 2.45) is 0 Å². The van der Waals surface area contributed by atoms with E-state index in [1.54, 1.807) is 4.68 Å². The van der Waals surface area contributed by atoms with Gasteiger partial charge in [-0.2, -0.15) is 5.10 Å². The van der Waals surface area contributed by atoms with Crippen molar-refractivity contribution in [2.45, 2.75) is 43.4 Å². The first-order valence-corrected chi connectivity index (χ1v) is 10.2. The summed E-state index contributed by atoms with van der Waals surface area (Å²) in [7, 11) is 0. The maximum atomic E-state index is 13.1. The molecule has 0 atom stereocenters. The van der Waals surface area contributed by atoms with Crippen LogP contribution in [0.15, 0.2) is 66.7 Å². The van der Waals surface area contributed by atoms with E-state index in [9.17, 15) is 4.79 Å². The lowest BCUT2D eigenvalue weighted by atomic mass is 9.64. The Kier molecular flexibility index (Phi) is 4.27. The zero-order chi connectivity index (χ0) is 19.0. The number of rotatable bonds is 6. The standard InChI is InChI=1S/C24H25N3O/c28-23(25-17-24(14-7-15-24)19-8-3-1-4-9-19)22-16-21(18-12-13-18)26-27(22)20-10-5-2-6-11-20/h1-6,8-11,16,18H,7,12-15,17H2,(H,25,28). The van der Waals surface area contributed by atoms with Gasteiger partial charge in [-0.05, 0) is 49.4 Å². The van der Waals surface area contributed by atoms with E-state index in [0.717, 1.165) is 24.2 Å². The first-order chi connectivity index (χ1) is 13.8. The number of benzene rings is 2.